The van der Waals surface area contributed by atoms with Crippen molar-refractivity contribution in [2.24, 2.45) is 5.92 Å². The molecule has 0 N–H and O–H groups in total. The zero-order chi connectivity index (χ0) is 23.3. The Labute approximate surface area is 201 Å². The third kappa shape index (κ3) is 5.14. The van der Waals surface area contributed by atoms with Crippen molar-refractivity contribution in [2.75, 3.05) is 18.0 Å². The van der Waals surface area contributed by atoms with Crippen molar-refractivity contribution in [1.29, 1.82) is 0 Å². The maximum atomic E-state index is 13.7. The highest BCUT2D eigenvalue weighted by molar-refractivity contribution is 5.98. The number of amides is 2. The van der Waals surface area contributed by atoms with E-state index in [4.69, 9.17) is 0 Å². The highest BCUT2D eigenvalue weighted by Gasteiger charge is 2.34. The van der Waals surface area contributed by atoms with Crippen LogP contribution in [0.15, 0.2) is 60.8 Å². The van der Waals surface area contributed by atoms with Gasteiger partial charge >= 0.3 is 0 Å². The minimum absolute atomic E-state index is 0.00278. The summed E-state index contributed by atoms with van der Waals surface area (Å²) in [5.41, 5.74) is 3.51. The molecule has 1 aromatic heterocycles. The van der Waals surface area contributed by atoms with Crippen LogP contribution < -0.4 is 4.90 Å². The number of para-hydroxylation sites is 2. The molecule has 1 fully saturated rings. The number of carbonyl (C=O) groups is 2. The molecule has 0 unspecified atom stereocenters. The predicted molar refractivity (Wildman–Crippen MR) is 136 cm³/mol. The van der Waals surface area contributed by atoms with Crippen LogP contribution in [0.4, 0.5) is 5.69 Å². The Balaban J connectivity index is 1.47. The first-order chi connectivity index (χ1) is 16.7. The second-order valence-corrected chi connectivity index (χ2v) is 9.66. The first-order valence-electron chi connectivity index (χ1n) is 12.7. The Bertz CT molecular complexity index is 1170. The molecule has 34 heavy (non-hydrogen) atoms. The summed E-state index contributed by atoms with van der Waals surface area (Å²) in [5.74, 6) is 0.423. The van der Waals surface area contributed by atoms with Gasteiger partial charge in [-0.1, -0.05) is 62.1 Å². The highest BCUT2D eigenvalue weighted by Crippen LogP contribution is 2.34. The number of hydrogen-bond acceptors (Lipinski definition) is 3. The van der Waals surface area contributed by atoms with Crippen LogP contribution in [0.25, 0.3) is 10.9 Å². The first kappa shape index (κ1) is 22.6. The molecule has 2 amide bonds. The van der Waals surface area contributed by atoms with E-state index in [0.717, 1.165) is 67.2 Å². The number of anilines is 1. The number of nitrogens with zero attached hydrogens (tertiary/aromatic N) is 3. The number of fused-ring (bicyclic) bond motifs is 2. The van der Waals surface area contributed by atoms with E-state index in [0.29, 0.717) is 18.7 Å². The van der Waals surface area contributed by atoms with Crippen LogP contribution in [-0.2, 0) is 11.3 Å². The molecule has 3 aromatic rings. The summed E-state index contributed by atoms with van der Waals surface area (Å²) in [6.45, 7) is 1.96. The van der Waals surface area contributed by atoms with Gasteiger partial charge in [-0.25, -0.2) is 0 Å². The van der Waals surface area contributed by atoms with Gasteiger partial charge in [-0.05, 0) is 49.4 Å². The molecule has 1 aliphatic heterocycles. The highest BCUT2D eigenvalue weighted by atomic mass is 16.2. The normalized spacial score (nSPS) is 17.9. The van der Waals surface area contributed by atoms with Crippen molar-refractivity contribution < 1.29 is 9.59 Å². The van der Waals surface area contributed by atoms with E-state index in [1.165, 1.54) is 12.8 Å². The number of hydrogen-bond donors (Lipinski definition) is 0. The van der Waals surface area contributed by atoms with Gasteiger partial charge in [0.25, 0.3) is 5.91 Å². The monoisotopic (exact) mass is 455 g/mol. The van der Waals surface area contributed by atoms with E-state index in [1.807, 2.05) is 52.3 Å². The molecule has 5 nitrogen and oxygen atoms in total. The van der Waals surface area contributed by atoms with Gasteiger partial charge in [0, 0.05) is 42.8 Å². The lowest BCUT2D eigenvalue weighted by Crippen LogP contribution is -2.36. The standard InChI is InChI=1S/C29H33N3O2/c33-28(25-19-23-11-5-7-13-26(23)30-20-25)31-17-9-3-1-2-4-10-18-32(29(34)22-15-16-22)27-14-8-6-12-24(27)21-31/h5-8,11-14,19-20,22H,1-4,9-10,15-18,21H2. The number of carbonyl (C=O) groups excluding carboxylic acids is 2. The Hall–Kier alpha value is -3.21. The third-order valence-electron chi connectivity index (χ3n) is 7.02. The number of benzene rings is 2. The van der Waals surface area contributed by atoms with Crippen molar-refractivity contribution in [3.05, 3.63) is 71.9 Å². The minimum atomic E-state index is 0.00278. The molecule has 5 heteroatoms. The summed E-state index contributed by atoms with van der Waals surface area (Å²) in [6, 6.07) is 18.0. The van der Waals surface area contributed by atoms with Crippen LogP contribution in [0.3, 0.4) is 0 Å². The van der Waals surface area contributed by atoms with Crippen molar-refractivity contribution >= 4 is 28.4 Å². The Morgan fingerprint density at radius 2 is 1.53 bits per heavy atom. The lowest BCUT2D eigenvalue weighted by atomic mass is 10.1. The van der Waals surface area contributed by atoms with E-state index >= 15 is 0 Å². The smallest absolute Gasteiger partial charge is 0.255 e. The Kier molecular flexibility index (Phi) is 6.89. The SMILES string of the molecule is O=C(c1cnc2ccccc2c1)N1CCCCCCCCN(C(=O)C2CC2)c2ccccc2C1. The average molecular weight is 456 g/mol. The molecule has 176 valence electrons. The maximum Gasteiger partial charge on any atom is 0.255 e. The zero-order valence-electron chi connectivity index (χ0n) is 19.8. The van der Waals surface area contributed by atoms with Crippen LogP contribution in [0.5, 0.6) is 0 Å². The minimum Gasteiger partial charge on any atom is -0.334 e. The molecule has 0 saturated heterocycles. The van der Waals surface area contributed by atoms with Crippen LogP contribution in [-0.4, -0.2) is 34.8 Å². The summed E-state index contributed by atoms with van der Waals surface area (Å²) in [4.78, 5) is 35.4. The van der Waals surface area contributed by atoms with Crippen molar-refractivity contribution in [1.82, 2.24) is 9.88 Å². The Morgan fingerprint density at radius 1 is 0.824 bits per heavy atom. The summed E-state index contributed by atoms with van der Waals surface area (Å²) in [6.07, 6.45) is 10.3. The van der Waals surface area contributed by atoms with Crippen molar-refractivity contribution in [3.8, 4) is 0 Å². The second-order valence-electron chi connectivity index (χ2n) is 9.66. The van der Waals surface area contributed by atoms with Gasteiger partial charge in [-0.2, -0.15) is 0 Å². The molecular weight excluding hydrogens is 422 g/mol. The van der Waals surface area contributed by atoms with Crippen LogP contribution in [0.2, 0.25) is 0 Å². The van der Waals surface area contributed by atoms with Gasteiger partial charge in [0.1, 0.15) is 0 Å². The molecule has 2 aromatic carbocycles. The van der Waals surface area contributed by atoms with E-state index in [2.05, 4.69) is 17.1 Å². The van der Waals surface area contributed by atoms with E-state index in [-0.39, 0.29) is 17.7 Å². The van der Waals surface area contributed by atoms with Gasteiger partial charge < -0.3 is 9.80 Å². The largest absolute Gasteiger partial charge is 0.334 e. The molecule has 2 aliphatic rings. The van der Waals surface area contributed by atoms with Gasteiger partial charge in [0.05, 0.1) is 11.1 Å². The fraction of sp³-hybridized carbons (Fsp3) is 0.414. The van der Waals surface area contributed by atoms with E-state index < -0.39 is 0 Å². The predicted octanol–water partition coefficient (Wildman–Crippen LogP) is 5.97. The molecule has 5 rings (SSSR count). The second kappa shape index (κ2) is 10.4. The van der Waals surface area contributed by atoms with Gasteiger partial charge in [-0.15, -0.1) is 0 Å². The topological polar surface area (TPSA) is 53.5 Å². The molecule has 0 atom stereocenters. The lowest BCUT2D eigenvalue weighted by Gasteiger charge is -2.28. The summed E-state index contributed by atoms with van der Waals surface area (Å²) >= 11 is 0. The average Bonchev–Trinajstić information content (AvgIpc) is 3.72. The number of pyridine rings is 1. The fourth-order valence-corrected chi connectivity index (χ4v) is 4.92. The summed E-state index contributed by atoms with van der Waals surface area (Å²) in [7, 11) is 0. The quantitative estimate of drug-likeness (QED) is 0.478. The maximum absolute atomic E-state index is 13.7. The number of rotatable bonds is 2. The molecule has 1 aliphatic carbocycles. The third-order valence-corrected chi connectivity index (χ3v) is 7.02. The van der Waals surface area contributed by atoms with E-state index in [9.17, 15) is 9.59 Å². The van der Waals surface area contributed by atoms with Gasteiger partial charge in [0.2, 0.25) is 5.91 Å². The zero-order valence-corrected chi connectivity index (χ0v) is 19.8. The molecule has 1 saturated carbocycles. The first-order valence-corrected chi connectivity index (χ1v) is 12.7. The summed E-state index contributed by atoms with van der Waals surface area (Å²) in [5, 5.41) is 0.973. The molecule has 0 radical (unpaired) electrons. The lowest BCUT2D eigenvalue weighted by molar-refractivity contribution is -0.119. The molecular formula is C29H33N3O2. The Morgan fingerprint density at radius 3 is 2.35 bits per heavy atom. The van der Waals surface area contributed by atoms with Crippen LogP contribution in [0.1, 0.15) is 67.3 Å². The van der Waals surface area contributed by atoms with E-state index in [1.54, 1.807) is 6.20 Å². The molecule has 0 bridgehead atoms. The number of aromatic nitrogens is 1. The fourth-order valence-electron chi connectivity index (χ4n) is 4.92. The van der Waals surface area contributed by atoms with Crippen molar-refractivity contribution in [3.63, 3.8) is 0 Å². The summed E-state index contributed by atoms with van der Waals surface area (Å²) < 4.78 is 0. The van der Waals surface area contributed by atoms with Crippen LogP contribution in [0, 0.1) is 5.92 Å². The van der Waals surface area contributed by atoms with Gasteiger partial charge in [0.15, 0.2) is 0 Å². The molecule has 2 heterocycles. The van der Waals surface area contributed by atoms with Gasteiger partial charge in [-0.3, -0.25) is 14.6 Å². The van der Waals surface area contributed by atoms with Crippen LogP contribution >= 0.6 is 0 Å². The van der Waals surface area contributed by atoms with Crippen molar-refractivity contribution in [2.45, 2.75) is 57.9 Å². The molecule has 0 spiro atoms.